The maximum atomic E-state index is 12.4. The van der Waals surface area contributed by atoms with E-state index in [1.165, 1.54) is 23.7 Å². The van der Waals surface area contributed by atoms with E-state index in [0.29, 0.717) is 10.7 Å². The summed E-state index contributed by atoms with van der Waals surface area (Å²) in [7, 11) is 2.05. The molecule has 0 bridgehead atoms. The highest BCUT2D eigenvalue weighted by Gasteiger charge is 2.22. The van der Waals surface area contributed by atoms with Crippen molar-refractivity contribution in [1.82, 2.24) is 19.9 Å². The normalized spacial score (nSPS) is 14.0. The SMILES string of the molecule is CN1CCc2nc(C(=O)Nc3nccnc3CN=[N+]=[N-])sc2C1. The van der Waals surface area contributed by atoms with Crippen LogP contribution in [0.5, 0.6) is 0 Å². The number of hydrogen-bond acceptors (Lipinski definition) is 7. The van der Waals surface area contributed by atoms with Crippen LogP contribution in [0.15, 0.2) is 17.5 Å². The fourth-order valence-corrected chi connectivity index (χ4v) is 3.35. The quantitative estimate of drug-likeness (QED) is 0.522. The molecular formula is C13H14N8OS. The Hall–Kier alpha value is -2.55. The molecule has 0 spiro atoms. The smallest absolute Gasteiger partial charge is 0.285 e. The summed E-state index contributed by atoms with van der Waals surface area (Å²) in [6.07, 6.45) is 3.80. The maximum Gasteiger partial charge on any atom is 0.285 e. The number of nitrogens with zero attached hydrogens (tertiary/aromatic N) is 7. The van der Waals surface area contributed by atoms with Gasteiger partial charge in [-0.25, -0.2) is 9.97 Å². The summed E-state index contributed by atoms with van der Waals surface area (Å²) in [6.45, 7) is 1.78. The van der Waals surface area contributed by atoms with Gasteiger partial charge in [0.1, 0.15) is 0 Å². The van der Waals surface area contributed by atoms with Crippen LogP contribution in [-0.2, 0) is 19.5 Å². The van der Waals surface area contributed by atoms with Crippen molar-refractivity contribution < 1.29 is 4.79 Å². The Morgan fingerprint density at radius 2 is 2.35 bits per heavy atom. The number of aromatic nitrogens is 3. The van der Waals surface area contributed by atoms with Crippen LogP contribution in [0.2, 0.25) is 0 Å². The van der Waals surface area contributed by atoms with E-state index >= 15 is 0 Å². The third kappa shape index (κ3) is 3.45. The zero-order valence-corrected chi connectivity index (χ0v) is 13.2. The first-order chi connectivity index (χ1) is 11.2. The first-order valence-corrected chi connectivity index (χ1v) is 7.78. The summed E-state index contributed by atoms with van der Waals surface area (Å²) >= 11 is 1.40. The van der Waals surface area contributed by atoms with Crippen molar-refractivity contribution in [2.45, 2.75) is 19.5 Å². The Bertz CT molecular complexity index is 782. The highest BCUT2D eigenvalue weighted by molar-refractivity contribution is 7.13. The number of nitrogens with one attached hydrogen (secondary N) is 1. The van der Waals surface area contributed by atoms with Crippen LogP contribution in [0.1, 0.15) is 26.1 Å². The van der Waals surface area contributed by atoms with E-state index in [1.54, 1.807) is 0 Å². The fraction of sp³-hybridized carbons (Fsp3) is 0.385. The summed E-state index contributed by atoms with van der Waals surface area (Å²) in [6, 6.07) is 0. The Balaban J connectivity index is 1.79. The third-order valence-corrected chi connectivity index (χ3v) is 4.49. The van der Waals surface area contributed by atoms with E-state index in [4.69, 9.17) is 5.53 Å². The molecule has 0 saturated carbocycles. The van der Waals surface area contributed by atoms with Crippen LogP contribution in [0.25, 0.3) is 10.4 Å². The second-order valence-electron chi connectivity index (χ2n) is 5.07. The van der Waals surface area contributed by atoms with Gasteiger partial charge in [0.25, 0.3) is 5.91 Å². The van der Waals surface area contributed by atoms with Crippen molar-refractivity contribution in [3.8, 4) is 0 Å². The molecule has 2 aromatic heterocycles. The largest absolute Gasteiger partial charge is 0.303 e. The first kappa shape index (κ1) is 15.3. The second kappa shape index (κ2) is 6.69. The number of thiazole rings is 1. The predicted molar refractivity (Wildman–Crippen MR) is 85.0 cm³/mol. The Morgan fingerprint density at radius 1 is 1.52 bits per heavy atom. The number of carbonyl (C=O) groups excluding carboxylic acids is 1. The number of anilines is 1. The molecule has 0 radical (unpaired) electrons. The van der Waals surface area contributed by atoms with E-state index in [1.807, 2.05) is 7.05 Å². The fourth-order valence-electron chi connectivity index (χ4n) is 2.27. The highest BCUT2D eigenvalue weighted by Crippen LogP contribution is 2.25. The van der Waals surface area contributed by atoms with Crippen LogP contribution in [0.4, 0.5) is 5.82 Å². The zero-order valence-electron chi connectivity index (χ0n) is 12.4. The lowest BCUT2D eigenvalue weighted by Crippen LogP contribution is -2.25. The number of fused-ring (bicyclic) bond motifs is 1. The molecular weight excluding hydrogens is 316 g/mol. The second-order valence-corrected chi connectivity index (χ2v) is 6.16. The van der Waals surface area contributed by atoms with E-state index in [0.717, 1.165) is 30.1 Å². The average molecular weight is 330 g/mol. The van der Waals surface area contributed by atoms with Crippen molar-refractivity contribution in [2.24, 2.45) is 5.11 Å². The van der Waals surface area contributed by atoms with Crippen LogP contribution in [0, 0.1) is 0 Å². The molecule has 1 aliphatic rings. The van der Waals surface area contributed by atoms with Gasteiger partial charge in [0.05, 0.1) is 17.9 Å². The van der Waals surface area contributed by atoms with Gasteiger partial charge in [-0.15, -0.1) is 11.3 Å². The molecule has 0 fully saturated rings. The molecule has 1 N–H and O–H groups in total. The molecule has 0 saturated heterocycles. The van der Waals surface area contributed by atoms with E-state index < -0.39 is 0 Å². The van der Waals surface area contributed by atoms with Gasteiger partial charge < -0.3 is 10.2 Å². The van der Waals surface area contributed by atoms with Crippen LogP contribution < -0.4 is 5.32 Å². The van der Waals surface area contributed by atoms with Crippen LogP contribution in [-0.4, -0.2) is 39.4 Å². The number of azide groups is 1. The number of rotatable bonds is 4. The maximum absolute atomic E-state index is 12.4. The van der Waals surface area contributed by atoms with Gasteiger partial charge in [-0.1, -0.05) is 5.11 Å². The van der Waals surface area contributed by atoms with Crippen molar-refractivity contribution in [3.05, 3.63) is 44.1 Å². The topological polar surface area (TPSA) is 120 Å². The summed E-state index contributed by atoms with van der Waals surface area (Å²) in [5.41, 5.74) is 9.81. The molecule has 1 aliphatic heterocycles. The molecule has 2 aromatic rings. The molecule has 118 valence electrons. The van der Waals surface area contributed by atoms with Gasteiger partial charge in [0.2, 0.25) is 0 Å². The minimum atomic E-state index is -0.324. The van der Waals surface area contributed by atoms with Gasteiger partial charge >= 0.3 is 0 Å². The molecule has 3 heterocycles. The Labute approximate surface area is 136 Å². The minimum Gasteiger partial charge on any atom is -0.303 e. The molecule has 1 amide bonds. The average Bonchev–Trinajstić information content (AvgIpc) is 2.97. The van der Waals surface area contributed by atoms with E-state index in [2.05, 4.69) is 35.2 Å². The molecule has 23 heavy (non-hydrogen) atoms. The lowest BCUT2D eigenvalue weighted by Gasteiger charge is -2.20. The van der Waals surface area contributed by atoms with Crippen molar-refractivity contribution in [3.63, 3.8) is 0 Å². The van der Waals surface area contributed by atoms with Gasteiger partial charge in [-0.3, -0.25) is 9.78 Å². The Kier molecular flexibility index (Phi) is 4.47. The molecule has 0 atom stereocenters. The van der Waals surface area contributed by atoms with Crippen molar-refractivity contribution in [2.75, 3.05) is 18.9 Å². The summed E-state index contributed by atoms with van der Waals surface area (Å²) in [5, 5.41) is 6.55. The summed E-state index contributed by atoms with van der Waals surface area (Å²) < 4.78 is 0. The molecule has 0 aromatic carbocycles. The molecule has 10 heteroatoms. The summed E-state index contributed by atoms with van der Waals surface area (Å²) in [4.78, 5) is 31.0. The first-order valence-electron chi connectivity index (χ1n) is 6.96. The zero-order chi connectivity index (χ0) is 16.2. The van der Waals surface area contributed by atoms with Gasteiger partial charge in [-0.05, 0) is 12.6 Å². The van der Waals surface area contributed by atoms with E-state index in [9.17, 15) is 4.79 Å². The standard InChI is InChI=1S/C13H14N8OS/c1-21-5-2-8-10(7-21)23-13(18-8)12(22)19-11-9(6-17-20-14)15-3-4-16-11/h3-4H,2,5-7H2,1H3,(H,16,19,22). The number of amides is 1. The number of likely N-dealkylation sites (N-methyl/N-ethyl adjacent to an activating group) is 1. The van der Waals surface area contributed by atoms with Gasteiger partial charge in [0, 0.05) is 41.7 Å². The van der Waals surface area contributed by atoms with Crippen LogP contribution >= 0.6 is 11.3 Å². The lowest BCUT2D eigenvalue weighted by molar-refractivity contribution is 0.102. The lowest BCUT2D eigenvalue weighted by atomic mass is 10.2. The number of carbonyl (C=O) groups is 1. The number of hydrogen-bond donors (Lipinski definition) is 1. The van der Waals surface area contributed by atoms with Crippen molar-refractivity contribution in [1.29, 1.82) is 0 Å². The van der Waals surface area contributed by atoms with E-state index in [-0.39, 0.29) is 18.3 Å². The monoisotopic (exact) mass is 330 g/mol. The van der Waals surface area contributed by atoms with Crippen LogP contribution in [0.3, 0.4) is 0 Å². The Morgan fingerprint density at radius 3 is 3.17 bits per heavy atom. The third-order valence-electron chi connectivity index (χ3n) is 3.41. The molecule has 3 rings (SSSR count). The molecule has 0 unspecified atom stereocenters. The highest BCUT2D eigenvalue weighted by atomic mass is 32.1. The minimum absolute atomic E-state index is 0.0269. The van der Waals surface area contributed by atoms with Gasteiger partial charge in [-0.2, -0.15) is 0 Å². The van der Waals surface area contributed by atoms with Gasteiger partial charge in [0.15, 0.2) is 10.8 Å². The molecule has 0 aliphatic carbocycles. The predicted octanol–water partition coefficient (Wildman–Crippen LogP) is 1.98. The molecule has 9 nitrogen and oxygen atoms in total. The van der Waals surface area contributed by atoms with Crippen molar-refractivity contribution >= 4 is 23.1 Å². The summed E-state index contributed by atoms with van der Waals surface area (Å²) in [5.74, 6) is -0.0371.